The third-order valence-corrected chi connectivity index (χ3v) is 4.49. The van der Waals surface area contributed by atoms with Crippen LogP contribution in [0, 0.1) is 6.57 Å². The summed E-state index contributed by atoms with van der Waals surface area (Å²) >= 11 is 1.27. The van der Waals surface area contributed by atoms with Crippen molar-refractivity contribution in [1.82, 2.24) is 15.0 Å². The number of para-hydroxylation sites is 1. The van der Waals surface area contributed by atoms with Crippen LogP contribution in [0.4, 0.5) is 11.5 Å². The van der Waals surface area contributed by atoms with E-state index in [1.54, 1.807) is 25.3 Å². The molecule has 1 aromatic carbocycles. The number of ether oxygens (including phenoxy) is 1. The van der Waals surface area contributed by atoms with Crippen LogP contribution < -0.4 is 10.2 Å². The fraction of sp³-hybridized carbons (Fsp3) is 0.167. The summed E-state index contributed by atoms with van der Waals surface area (Å²) in [6, 6.07) is 7.20. The molecule has 0 aliphatic carbocycles. The Labute approximate surface area is 160 Å². The van der Waals surface area contributed by atoms with E-state index in [9.17, 15) is 9.59 Å². The molecule has 1 aliphatic rings. The van der Waals surface area contributed by atoms with Gasteiger partial charge in [0.2, 0.25) is 0 Å². The number of hydrogen-bond donors (Lipinski definition) is 1. The van der Waals surface area contributed by atoms with Crippen molar-refractivity contribution < 1.29 is 14.3 Å². The van der Waals surface area contributed by atoms with Crippen molar-refractivity contribution in [3.8, 4) is 17.1 Å². The summed E-state index contributed by atoms with van der Waals surface area (Å²) in [6.45, 7) is 9.01. The molecule has 0 radical (unpaired) electrons. The second-order valence-electron chi connectivity index (χ2n) is 5.48. The minimum absolute atomic E-state index is 0.0788. The molecule has 0 atom stereocenters. The largest absolute Gasteiger partial charge is 0.496 e. The van der Waals surface area contributed by atoms with Gasteiger partial charge in [-0.1, -0.05) is 12.1 Å². The zero-order valence-electron chi connectivity index (χ0n) is 14.8. The normalized spacial score (nSPS) is 13.4. The summed E-state index contributed by atoms with van der Waals surface area (Å²) in [5.41, 5.74) is 3.74. The SMILES string of the molecule is [C-]#[N+]c1c(NN2C(=O)C=C(C)C2=O)nc(-c2ccccc2OC)nc1SC. The van der Waals surface area contributed by atoms with Gasteiger partial charge in [0.05, 0.1) is 19.2 Å². The van der Waals surface area contributed by atoms with E-state index in [0.29, 0.717) is 27.7 Å². The van der Waals surface area contributed by atoms with Gasteiger partial charge in [-0.2, -0.15) is 5.01 Å². The smallest absolute Gasteiger partial charge is 0.275 e. The van der Waals surface area contributed by atoms with Crippen molar-refractivity contribution in [3.05, 3.63) is 47.3 Å². The second-order valence-corrected chi connectivity index (χ2v) is 6.28. The molecule has 9 heteroatoms. The third kappa shape index (κ3) is 3.35. The van der Waals surface area contributed by atoms with E-state index in [4.69, 9.17) is 11.3 Å². The third-order valence-electron chi connectivity index (χ3n) is 3.82. The number of hydrogen-bond acceptors (Lipinski definition) is 7. The molecule has 0 spiro atoms. The van der Waals surface area contributed by atoms with Gasteiger partial charge in [0.1, 0.15) is 10.8 Å². The topological polar surface area (TPSA) is 88.8 Å². The van der Waals surface area contributed by atoms with Gasteiger partial charge in [-0.25, -0.2) is 14.8 Å². The van der Waals surface area contributed by atoms with Crippen molar-refractivity contribution in [2.45, 2.75) is 11.9 Å². The highest BCUT2D eigenvalue weighted by atomic mass is 32.2. The first-order valence-electron chi connectivity index (χ1n) is 7.80. The van der Waals surface area contributed by atoms with Gasteiger partial charge >= 0.3 is 0 Å². The molecule has 0 bridgehead atoms. The van der Waals surface area contributed by atoms with Crippen LogP contribution in [0.1, 0.15) is 6.92 Å². The van der Waals surface area contributed by atoms with Crippen LogP contribution in [-0.2, 0) is 9.59 Å². The van der Waals surface area contributed by atoms with Gasteiger partial charge in [0.15, 0.2) is 11.6 Å². The quantitative estimate of drug-likeness (QED) is 0.368. The number of thioether (sulfide) groups is 1. The molecule has 1 aromatic heterocycles. The average Bonchev–Trinajstić information content (AvgIpc) is 2.93. The Balaban J connectivity index is 2.12. The van der Waals surface area contributed by atoms with Gasteiger partial charge in [0.25, 0.3) is 17.5 Å². The second kappa shape index (κ2) is 7.47. The lowest BCUT2D eigenvalue weighted by Crippen LogP contribution is -2.36. The van der Waals surface area contributed by atoms with E-state index in [1.807, 2.05) is 12.1 Å². The van der Waals surface area contributed by atoms with Crippen molar-refractivity contribution in [2.75, 3.05) is 18.8 Å². The number of nitrogens with zero attached hydrogens (tertiary/aromatic N) is 4. The number of carbonyl (C=O) groups is 2. The molecule has 8 nitrogen and oxygen atoms in total. The van der Waals surface area contributed by atoms with Gasteiger partial charge in [-0.05, 0) is 25.3 Å². The number of imide groups is 1. The van der Waals surface area contributed by atoms with Crippen LogP contribution in [-0.4, -0.2) is 40.2 Å². The molecular weight excluding hydrogens is 366 g/mol. The van der Waals surface area contributed by atoms with Crippen LogP contribution in [0.3, 0.4) is 0 Å². The molecule has 27 heavy (non-hydrogen) atoms. The first kappa shape index (κ1) is 18.4. The number of benzene rings is 1. The molecular formula is C18H15N5O3S. The molecule has 0 fully saturated rings. The fourth-order valence-corrected chi connectivity index (χ4v) is 3.02. The Hall–Kier alpha value is -3.38. The number of carbonyl (C=O) groups excluding carboxylic acids is 2. The van der Waals surface area contributed by atoms with E-state index < -0.39 is 11.8 Å². The Morgan fingerprint density at radius 1 is 1.26 bits per heavy atom. The summed E-state index contributed by atoms with van der Waals surface area (Å²) in [5.74, 6) is -0.0434. The van der Waals surface area contributed by atoms with Crippen molar-refractivity contribution in [3.63, 3.8) is 0 Å². The number of rotatable bonds is 5. The summed E-state index contributed by atoms with van der Waals surface area (Å²) in [4.78, 5) is 36.5. The maximum absolute atomic E-state index is 12.2. The van der Waals surface area contributed by atoms with E-state index in [-0.39, 0.29) is 11.5 Å². The van der Waals surface area contributed by atoms with Crippen LogP contribution in [0.25, 0.3) is 16.2 Å². The highest BCUT2D eigenvalue weighted by molar-refractivity contribution is 7.98. The zero-order chi connectivity index (χ0) is 19.6. The number of hydrazine groups is 1. The van der Waals surface area contributed by atoms with E-state index >= 15 is 0 Å². The minimum Gasteiger partial charge on any atom is -0.496 e. The lowest BCUT2D eigenvalue weighted by atomic mass is 10.2. The summed E-state index contributed by atoms with van der Waals surface area (Å²) in [6.07, 6.45) is 3.01. The monoisotopic (exact) mass is 381 g/mol. The minimum atomic E-state index is -0.517. The van der Waals surface area contributed by atoms with Gasteiger partial charge in [-0.3, -0.25) is 15.0 Å². The number of nitrogens with one attached hydrogen (secondary N) is 1. The van der Waals surface area contributed by atoms with E-state index in [1.165, 1.54) is 24.9 Å². The molecule has 1 aliphatic heterocycles. The number of anilines is 1. The Morgan fingerprint density at radius 3 is 2.59 bits per heavy atom. The number of methoxy groups -OCH3 is 1. The van der Waals surface area contributed by atoms with Crippen LogP contribution in [0.5, 0.6) is 5.75 Å². The maximum atomic E-state index is 12.2. The fourth-order valence-electron chi connectivity index (χ4n) is 2.50. The molecule has 2 heterocycles. The maximum Gasteiger partial charge on any atom is 0.275 e. The number of aromatic nitrogens is 2. The lowest BCUT2D eigenvalue weighted by Gasteiger charge is -2.19. The van der Waals surface area contributed by atoms with E-state index in [2.05, 4.69) is 20.2 Å². The highest BCUT2D eigenvalue weighted by Gasteiger charge is 2.30. The first-order valence-corrected chi connectivity index (χ1v) is 9.02. The van der Waals surface area contributed by atoms with Crippen molar-refractivity contribution in [2.24, 2.45) is 0 Å². The van der Waals surface area contributed by atoms with Gasteiger partial charge < -0.3 is 4.74 Å². The lowest BCUT2D eigenvalue weighted by molar-refractivity contribution is -0.135. The molecule has 0 saturated heterocycles. The first-order chi connectivity index (χ1) is 13.0. The number of amides is 2. The summed E-state index contributed by atoms with van der Waals surface area (Å²) < 4.78 is 5.36. The zero-order valence-corrected chi connectivity index (χ0v) is 15.6. The molecule has 0 saturated carbocycles. The Bertz CT molecular complexity index is 1010. The van der Waals surface area contributed by atoms with Crippen LogP contribution >= 0.6 is 11.8 Å². The van der Waals surface area contributed by atoms with Gasteiger partial charge in [-0.15, -0.1) is 11.8 Å². The Morgan fingerprint density at radius 2 is 2.00 bits per heavy atom. The predicted molar refractivity (Wildman–Crippen MR) is 101 cm³/mol. The summed E-state index contributed by atoms with van der Waals surface area (Å²) in [5, 5.41) is 1.26. The molecule has 1 N–H and O–H groups in total. The van der Waals surface area contributed by atoms with Crippen LogP contribution in [0.2, 0.25) is 0 Å². The molecule has 136 valence electrons. The van der Waals surface area contributed by atoms with Crippen molar-refractivity contribution >= 4 is 35.1 Å². The van der Waals surface area contributed by atoms with E-state index in [0.717, 1.165) is 5.01 Å². The van der Waals surface area contributed by atoms with Crippen molar-refractivity contribution in [1.29, 1.82) is 0 Å². The highest BCUT2D eigenvalue weighted by Crippen LogP contribution is 2.37. The molecule has 0 unspecified atom stereocenters. The molecule has 3 rings (SSSR count). The average molecular weight is 381 g/mol. The molecule has 2 aromatic rings. The predicted octanol–water partition coefficient (Wildman–Crippen LogP) is 3.07. The molecule has 2 amide bonds. The summed E-state index contributed by atoms with van der Waals surface area (Å²) in [7, 11) is 1.54. The Kier molecular flexibility index (Phi) is 5.09. The van der Waals surface area contributed by atoms with Crippen LogP contribution in [0.15, 0.2) is 40.9 Å². The standard InChI is InChI=1S/C18H15N5O3S/c1-10-9-13(24)23(18(10)25)22-16-14(19-2)17(27-4)21-15(20-16)11-7-5-6-8-12(11)26-3/h5-9H,1,3-4H3,(H,20,21,22). The van der Waals surface area contributed by atoms with Gasteiger partial charge in [0, 0.05) is 11.6 Å².